The van der Waals surface area contributed by atoms with Gasteiger partial charge < -0.3 is 9.84 Å². The molecule has 2 atom stereocenters. The molecule has 0 bridgehead atoms. The van der Waals surface area contributed by atoms with Gasteiger partial charge in [0.15, 0.2) is 0 Å². The minimum atomic E-state index is -5.08. The van der Waals surface area contributed by atoms with Crippen LogP contribution in [0.15, 0.2) is 24.8 Å². The number of carbonyl (C=O) groups is 1. The van der Waals surface area contributed by atoms with Gasteiger partial charge in [-0.1, -0.05) is 0 Å². The number of nitrogens with zero attached hydrogens (tertiary/aromatic N) is 5. The van der Waals surface area contributed by atoms with Gasteiger partial charge in [-0.3, -0.25) is 14.3 Å². The van der Waals surface area contributed by atoms with Gasteiger partial charge in [-0.25, -0.2) is 4.79 Å². The van der Waals surface area contributed by atoms with Crippen LogP contribution >= 0.6 is 0 Å². The Bertz CT molecular complexity index is 862. The van der Waals surface area contributed by atoms with E-state index in [9.17, 15) is 13.2 Å². The van der Waals surface area contributed by atoms with Crippen molar-refractivity contribution in [3.8, 4) is 0 Å². The highest BCUT2D eigenvalue weighted by atomic mass is 19.4. The van der Waals surface area contributed by atoms with E-state index in [4.69, 9.17) is 14.6 Å². The molecule has 1 aliphatic heterocycles. The summed E-state index contributed by atoms with van der Waals surface area (Å²) in [6.45, 7) is 2.98. The Labute approximate surface area is 178 Å². The number of hydrogen-bond donors (Lipinski definition) is 1. The van der Waals surface area contributed by atoms with E-state index in [0.717, 1.165) is 38.5 Å². The first kappa shape index (κ1) is 23.3. The summed E-state index contributed by atoms with van der Waals surface area (Å²) >= 11 is 0. The van der Waals surface area contributed by atoms with E-state index in [1.54, 1.807) is 0 Å². The number of ether oxygens (including phenoxy) is 1. The summed E-state index contributed by atoms with van der Waals surface area (Å²) in [7, 11) is 3.95. The number of alkyl halides is 3. The van der Waals surface area contributed by atoms with Gasteiger partial charge in [0, 0.05) is 57.8 Å². The molecule has 2 fully saturated rings. The van der Waals surface area contributed by atoms with Crippen molar-refractivity contribution in [2.45, 2.75) is 50.6 Å². The van der Waals surface area contributed by atoms with Crippen molar-refractivity contribution < 1.29 is 27.8 Å². The zero-order chi connectivity index (χ0) is 22.6. The van der Waals surface area contributed by atoms with Gasteiger partial charge in [0.25, 0.3) is 0 Å². The average Bonchev–Trinajstić information content (AvgIpc) is 3.11. The maximum atomic E-state index is 10.6. The number of aromatic nitrogens is 4. The summed E-state index contributed by atoms with van der Waals surface area (Å²) in [6, 6.07) is 0.424. The van der Waals surface area contributed by atoms with E-state index in [-0.39, 0.29) is 0 Å². The van der Waals surface area contributed by atoms with E-state index in [0.29, 0.717) is 12.1 Å². The third kappa shape index (κ3) is 7.06. The average molecular weight is 443 g/mol. The van der Waals surface area contributed by atoms with Crippen LogP contribution in [0, 0.1) is 5.92 Å². The van der Waals surface area contributed by atoms with Crippen molar-refractivity contribution in [3.63, 3.8) is 0 Å². The molecule has 0 spiro atoms. The maximum absolute atomic E-state index is 10.6. The smallest absolute Gasteiger partial charge is 0.475 e. The molecule has 2 aromatic rings. The Morgan fingerprint density at radius 3 is 2.19 bits per heavy atom. The maximum Gasteiger partial charge on any atom is 0.490 e. The van der Waals surface area contributed by atoms with Gasteiger partial charge in [0.05, 0.1) is 18.5 Å². The van der Waals surface area contributed by atoms with Crippen molar-refractivity contribution in [2.24, 2.45) is 20.0 Å². The van der Waals surface area contributed by atoms with Crippen molar-refractivity contribution in [1.29, 1.82) is 0 Å². The van der Waals surface area contributed by atoms with E-state index in [1.165, 1.54) is 24.0 Å². The lowest BCUT2D eigenvalue weighted by atomic mass is 10.0. The van der Waals surface area contributed by atoms with Gasteiger partial charge in [0.1, 0.15) is 0 Å². The number of halogens is 3. The standard InChI is InChI=1S/C18H27N5O.C2HF3O2/c1-21-10-15(8-19-21)7-17-18(24-13-14-3-4-14)5-6-23(17)12-16-9-20-22(2)11-16;3-2(4,5)1(6)7/h8-11,14,17-18H,3-7,12-13H2,1-2H3;(H,6,7)/t17-,18-;/m0./s1. The first-order valence-electron chi connectivity index (χ1n) is 10.2. The summed E-state index contributed by atoms with van der Waals surface area (Å²) in [6.07, 6.45) is 8.26. The summed E-state index contributed by atoms with van der Waals surface area (Å²) < 4.78 is 41.8. The Balaban J connectivity index is 0.000000339. The monoisotopic (exact) mass is 443 g/mol. The largest absolute Gasteiger partial charge is 0.490 e. The van der Waals surface area contributed by atoms with Crippen molar-refractivity contribution in [3.05, 3.63) is 35.9 Å². The highest BCUT2D eigenvalue weighted by molar-refractivity contribution is 5.73. The van der Waals surface area contributed by atoms with Crippen LogP contribution in [0.25, 0.3) is 0 Å². The summed E-state index contributed by atoms with van der Waals surface area (Å²) in [4.78, 5) is 11.5. The van der Waals surface area contributed by atoms with Crippen LogP contribution in [0.1, 0.15) is 30.4 Å². The molecule has 3 heterocycles. The minimum Gasteiger partial charge on any atom is -0.475 e. The predicted molar refractivity (Wildman–Crippen MR) is 105 cm³/mol. The number of likely N-dealkylation sites (tertiary alicyclic amines) is 1. The summed E-state index contributed by atoms with van der Waals surface area (Å²) in [5.41, 5.74) is 2.57. The van der Waals surface area contributed by atoms with E-state index >= 15 is 0 Å². The molecule has 11 heteroatoms. The number of carboxylic acid groups (broad SMARTS) is 1. The van der Waals surface area contributed by atoms with Crippen molar-refractivity contribution in [2.75, 3.05) is 13.2 Å². The Hall–Kier alpha value is -2.40. The van der Waals surface area contributed by atoms with Gasteiger partial charge >= 0.3 is 12.1 Å². The lowest BCUT2D eigenvalue weighted by molar-refractivity contribution is -0.192. The second kappa shape index (κ2) is 9.82. The molecule has 2 aromatic heterocycles. The first-order chi connectivity index (χ1) is 14.6. The van der Waals surface area contributed by atoms with Crippen LogP contribution in [0.2, 0.25) is 0 Å². The molecule has 1 N–H and O–H groups in total. The number of carboxylic acids is 1. The summed E-state index contributed by atoms with van der Waals surface area (Å²) in [5.74, 6) is -1.94. The number of aryl methyl sites for hydroxylation is 2. The molecule has 1 saturated heterocycles. The lowest BCUT2D eigenvalue weighted by Gasteiger charge is -2.27. The van der Waals surface area contributed by atoms with Crippen molar-refractivity contribution in [1.82, 2.24) is 24.5 Å². The SMILES string of the molecule is Cn1cc(C[C@H]2[C@@H](OCC3CC3)CCN2Cc2cnn(C)c2)cn1.O=C(O)C(F)(F)F. The molecule has 2 aliphatic rings. The first-order valence-corrected chi connectivity index (χ1v) is 10.2. The van der Waals surface area contributed by atoms with Crippen LogP contribution in [-0.4, -0.2) is 67.0 Å². The van der Waals surface area contributed by atoms with E-state index in [1.807, 2.05) is 35.9 Å². The molecule has 0 aromatic carbocycles. The van der Waals surface area contributed by atoms with Gasteiger partial charge in [-0.15, -0.1) is 0 Å². The fourth-order valence-electron chi connectivity index (χ4n) is 3.69. The zero-order valence-corrected chi connectivity index (χ0v) is 17.6. The molecule has 172 valence electrons. The second-order valence-corrected chi connectivity index (χ2v) is 8.19. The molecule has 0 amide bonds. The fraction of sp³-hybridized carbons (Fsp3) is 0.650. The second-order valence-electron chi connectivity index (χ2n) is 8.19. The zero-order valence-electron chi connectivity index (χ0n) is 17.6. The number of rotatable bonds is 7. The van der Waals surface area contributed by atoms with Gasteiger partial charge in [-0.2, -0.15) is 23.4 Å². The van der Waals surface area contributed by atoms with Gasteiger partial charge in [-0.05, 0) is 37.2 Å². The quantitative estimate of drug-likeness (QED) is 0.708. The summed E-state index contributed by atoms with van der Waals surface area (Å²) in [5, 5.41) is 15.8. The van der Waals surface area contributed by atoms with Crippen LogP contribution < -0.4 is 0 Å². The van der Waals surface area contributed by atoms with E-state index < -0.39 is 12.1 Å². The molecular weight excluding hydrogens is 415 g/mol. The molecule has 31 heavy (non-hydrogen) atoms. The molecule has 4 rings (SSSR count). The van der Waals surface area contributed by atoms with Crippen molar-refractivity contribution >= 4 is 5.97 Å². The van der Waals surface area contributed by atoms with Crippen LogP contribution in [0.5, 0.6) is 0 Å². The third-order valence-electron chi connectivity index (χ3n) is 5.43. The Kier molecular flexibility index (Phi) is 7.37. The number of hydrogen-bond acceptors (Lipinski definition) is 5. The lowest BCUT2D eigenvalue weighted by Crippen LogP contribution is -2.38. The van der Waals surface area contributed by atoms with E-state index in [2.05, 4.69) is 27.5 Å². The number of aliphatic carboxylic acids is 1. The van der Waals surface area contributed by atoms with Crippen LogP contribution in [0.4, 0.5) is 13.2 Å². The molecule has 1 saturated carbocycles. The Morgan fingerprint density at radius 2 is 1.71 bits per heavy atom. The van der Waals surface area contributed by atoms with Gasteiger partial charge in [0.2, 0.25) is 0 Å². The molecule has 0 radical (unpaired) electrons. The normalized spacial score (nSPS) is 21.7. The van der Waals surface area contributed by atoms with Crippen LogP contribution in [0.3, 0.4) is 0 Å². The predicted octanol–water partition coefficient (Wildman–Crippen LogP) is 2.40. The Morgan fingerprint density at radius 1 is 1.13 bits per heavy atom. The topological polar surface area (TPSA) is 85.4 Å². The third-order valence-corrected chi connectivity index (χ3v) is 5.43. The fourth-order valence-corrected chi connectivity index (χ4v) is 3.69. The highest BCUT2D eigenvalue weighted by Gasteiger charge is 2.38. The molecule has 0 unspecified atom stereocenters. The molecular formula is C20H28F3N5O3. The van der Waals surface area contributed by atoms with Crippen LogP contribution in [-0.2, 0) is 36.6 Å². The highest BCUT2D eigenvalue weighted by Crippen LogP contribution is 2.32. The molecule has 1 aliphatic carbocycles. The molecule has 8 nitrogen and oxygen atoms in total. The minimum absolute atomic E-state index is 0.336.